The second kappa shape index (κ2) is 12.8. The Bertz CT molecular complexity index is 1270. The van der Waals surface area contributed by atoms with Crippen LogP contribution < -0.4 is 0 Å². The van der Waals surface area contributed by atoms with Gasteiger partial charge in [-0.15, -0.1) is 0 Å². The second-order valence-corrected chi connectivity index (χ2v) is 9.44. The van der Waals surface area contributed by atoms with Crippen LogP contribution in [-0.2, 0) is 11.2 Å². The van der Waals surface area contributed by atoms with Gasteiger partial charge in [-0.2, -0.15) is 0 Å². The lowest BCUT2D eigenvalue weighted by Crippen LogP contribution is -2.23. The van der Waals surface area contributed by atoms with Crippen molar-refractivity contribution in [1.82, 2.24) is 9.88 Å². The molecule has 1 fully saturated rings. The average molecular weight is 496 g/mol. The molecule has 1 saturated heterocycles. The van der Waals surface area contributed by atoms with Gasteiger partial charge in [-0.05, 0) is 68.9 Å². The SMILES string of the molecule is C=C/C(C)=C\Cc1cnc(C2=CC(=O)C(=C)CC(/C=C\C(=C/C)N3CCCC(=C)CC3)=N2)cc1C(=C)O. The minimum Gasteiger partial charge on any atom is -0.508 e. The zero-order chi connectivity index (χ0) is 26.9. The number of aliphatic hydroxyl groups is 1. The van der Waals surface area contributed by atoms with Gasteiger partial charge in [0.15, 0.2) is 5.78 Å². The number of allylic oxidation sites excluding steroid dienone is 8. The Morgan fingerprint density at radius 2 is 2.03 bits per heavy atom. The van der Waals surface area contributed by atoms with Crippen LogP contribution in [0.3, 0.4) is 0 Å². The first-order chi connectivity index (χ1) is 17.7. The maximum absolute atomic E-state index is 12.7. The third kappa shape index (κ3) is 7.50. The van der Waals surface area contributed by atoms with Crippen molar-refractivity contribution in [2.45, 2.75) is 46.0 Å². The number of carbonyl (C=O) groups excluding carboxylic acids is 1. The predicted octanol–water partition coefficient (Wildman–Crippen LogP) is 7.10. The van der Waals surface area contributed by atoms with Crippen molar-refractivity contribution in [2.75, 3.05) is 13.1 Å². The summed E-state index contributed by atoms with van der Waals surface area (Å²) in [4.78, 5) is 24.5. The van der Waals surface area contributed by atoms with Crippen LogP contribution in [-0.4, -0.2) is 39.6 Å². The lowest BCUT2D eigenvalue weighted by Gasteiger charge is -2.23. The van der Waals surface area contributed by atoms with Crippen LogP contribution in [0.1, 0.15) is 56.4 Å². The molecule has 3 heterocycles. The summed E-state index contributed by atoms with van der Waals surface area (Å²) in [6.45, 7) is 21.5. The molecule has 0 radical (unpaired) electrons. The fourth-order valence-corrected chi connectivity index (χ4v) is 4.27. The Morgan fingerprint density at radius 3 is 2.73 bits per heavy atom. The molecule has 0 aromatic carbocycles. The molecular weight excluding hydrogens is 458 g/mol. The van der Waals surface area contributed by atoms with Gasteiger partial charge in [-0.25, -0.2) is 0 Å². The molecule has 37 heavy (non-hydrogen) atoms. The first-order valence-electron chi connectivity index (χ1n) is 12.7. The highest BCUT2D eigenvalue weighted by molar-refractivity contribution is 6.15. The molecule has 1 N–H and O–H groups in total. The summed E-state index contributed by atoms with van der Waals surface area (Å²) >= 11 is 0. The highest BCUT2D eigenvalue weighted by Crippen LogP contribution is 2.26. The first-order valence-corrected chi connectivity index (χ1v) is 12.7. The minimum absolute atomic E-state index is 0.0600. The number of hydrogen-bond acceptors (Lipinski definition) is 5. The molecule has 0 saturated carbocycles. The number of carbonyl (C=O) groups is 1. The van der Waals surface area contributed by atoms with Crippen molar-refractivity contribution in [3.8, 4) is 0 Å². The molecule has 0 spiro atoms. The summed E-state index contributed by atoms with van der Waals surface area (Å²) in [5.74, 6) is -0.241. The van der Waals surface area contributed by atoms with Crippen LogP contribution in [0.5, 0.6) is 0 Å². The molecule has 1 aromatic heterocycles. The van der Waals surface area contributed by atoms with Crippen molar-refractivity contribution < 1.29 is 9.90 Å². The molecule has 1 aromatic rings. The lowest BCUT2D eigenvalue weighted by atomic mass is 10.0. The average Bonchev–Trinajstić information content (AvgIpc) is 3.18. The van der Waals surface area contributed by atoms with Crippen LogP contribution >= 0.6 is 0 Å². The van der Waals surface area contributed by atoms with E-state index in [1.54, 1.807) is 18.3 Å². The number of nitrogens with zero attached hydrogens (tertiary/aromatic N) is 3. The van der Waals surface area contributed by atoms with E-state index in [-0.39, 0.29) is 11.5 Å². The maximum Gasteiger partial charge on any atom is 0.183 e. The van der Waals surface area contributed by atoms with Gasteiger partial charge in [-0.1, -0.05) is 55.7 Å². The summed E-state index contributed by atoms with van der Waals surface area (Å²) in [5, 5.41) is 10.3. The van der Waals surface area contributed by atoms with Gasteiger partial charge in [-0.3, -0.25) is 14.8 Å². The number of rotatable bonds is 8. The van der Waals surface area contributed by atoms with Gasteiger partial charge < -0.3 is 10.0 Å². The van der Waals surface area contributed by atoms with Crippen molar-refractivity contribution in [3.05, 3.63) is 114 Å². The zero-order valence-electron chi connectivity index (χ0n) is 22.1. The Balaban J connectivity index is 1.93. The fraction of sp³-hybridized carbons (Fsp3) is 0.281. The van der Waals surface area contributed by atoms with Gasteiger partial charge in [0.2, 0.25) is 0 Å². The Labute approximate surface area is 221 Å². The Kier molecular flexibility index (Phi) is 9.56. The van der Waals surface area contributed by atoms with E-state index in [9.17, 15) is 9.90 Å². The quantitative estimate of drug-likeness (QED) is 0.181. The van der Waals surface area contributed by atoms with E-state index < -0.39 is 0 Å². The summed E-state index contributed by atoms with van der Waals surface area (Å²) < 4.78 is 0. The van der Waals surface area contributed by atoms with Gasteiger partial charge in [0.1, 0.15) is 5.76 Å². The minimum atomic E-state index is -0.181. The summed E-state index contributed by atoms with van der Waals surface area (Å²) in [7, 11) is 0. The van der Waals surface area contributed by atoms with E-state index >= 15 is 0 Å². The second-order valence-electron chi connectivity index (χ2n) is 9.44. The van der Waals surface area contributed by atoms with E-state index in [2.05, 4.69) is 48.4 Å². The fourth-order valence-electron chi connectivity index (χ4n) is 4.27. The van der Waals surface area contributed by atoms with Crippen LogP contribution in [0, 0.1) is 0 Å². The highest BCUT2D eigenvalue weighted by atomic mass is 16.3. The number of aromatic nitrogens is 1. The van der Waals surface area contributed by atoms with Crippen molar-refractivity contribution in [2.24, 2.45) is 4.99 Å². The molecule has 3 rings (SSSR count). The molecule has 0 unspecified atom stereocenters. The Morgan fingerprint density at radius 1 is 1.24 bits per heavy atom. The van der Waals surface area contributed by atoms with Crippen LogP contribution in [0.4, 0.5) is 0 Å². The van der Waals surface area contributed by atoms with Gasteiger partial charge in [0.25, 0.3) is 0 Å². The highest BCUT2D eigenvalue weighted by Gasteiger charge is 2.18. The van der Waals surface area contributed by atoms with E-state index in [1.807, 2.05) is 26.0 Å². The molecule has 5 heteroatoms. The number of likely N-dealkylation sites (tertiary alicyclic amines) is 1. The number of aliphatic hydroxyl groups excluding tert-OH is 1. The largest absolute Gasteiger partial charge is 0.508 e. The topological polar surface area (TPSA) is 65.8 Å². The zero-order valence-corrected chi connectivity index (χ0v) is 22.1. The van der Waals surface area contributed by atoms with Gasteiger partial charge >= 0.3 is 0 Å². The molecule has 0 amide bonds. The number of ketones is 1. The summed E-state index contributed by atoms with van der Waals surface area (Å²) in [5.41, 5.74) is 6.96. The van der Waals surface area contributed by atoms with Gasteiger partial charge in [0.05, 0.1) is 11.4 Å². The molecule has 0 atom stereocenters. The van der Waals surface area contributed by atoms with E-state index in [0.717, 1.165) is 54.9 Å². The van der Waals surface area contributed by atoms with Crippen molar-refractivity contribution in [3.63, 3.8) is 0 Å². The molecule has 2 aliphatic heterocycles. The Hall–Kier alpha value is -3.99. The number of hydrogen-bond donors (Lipinski definition) is 1. The van der Waals surface area contributed by atoms with Crippen LogP contribution in [0.15, 0.2) is 102 Å². The predicted molar refractivity (Wildman–Crippen MR) is 155 cm³/mol. The lowest BCUT2D eigenvalue weighted by molar-refractivity contribution is -0.111. The summed E-state index contributed by atoms with van der Waals surface area (Å²) in [6.07, 6.45) is 17.1. The maximum atomic E-state index is 12.7. The normalized spacial score (nSPS) is 17.9. The van der Waals surface area contributed by atoms with E-state index in [0.29, 0.717) is 35.4 Å². The number of pyridine rings is 1. The molecule has 5 nitrogen and oxygen atoms in total. The molecule has 192 valence electrons. The van der Waals surface area contributed by atoms with Crippen LogP contribution in [0.2, 0.25) is 0 Å². The van der Waals surface area contributed by atoms with E-state index in [4.69, 9.17) is 4.99 Å². The van der Waals surface area contributed by atoms with Crippen molar-refractivity contribution >= 4 is 23.0 Å². The standard InChI is InChI=1S/C32H37N3O2/c1-7-22(3)11-12-26-21-33-30(19-29(26)25(6)36)31-20-32(37)24(5)18-27(34-31)13-14-28(8-2)35-16-9-10-23(4)15-17-35/h7-8,11,13-14,19-21,36H,1,4-6,9-10,12,15-18H2,2-3H3/b14-13-,22-11-,28-8+. The molecule has 0 aliphatic carbocycles. The van der Waals surface area contributed by atoms with Crippen LogP contribution in [0.25, 0.3) is 11.5 Å². The summed E-state index contributed by atoms with van der Waals surface area (Å²) in [6, 6.07) is 1.73. The monoisotopic (exact) mass is 495 g/mol. The molecule has 2 aliphatic rings. The third-order valence-electron chi connectivity index (χ3n) is 6.60. The molecular formula is C32H37N3O2. The third-order valence-corrected chi connectivity index (χ3v) is 6.60. The smallest absolute Gasteiger partial charge is 0.183 e. The number of aliphatic imine (C=N–C) groups is 1. The van der Waals surface area contributed by atoms with Gasteiger partial charge in [0, 0.05) is 48.8 Å². The van der Waals surface area contributed by atoms with Crippen molar-refractivity contribution in [1.29, 1.82) is 0 Å². The van der Waals surface area contributed by atoms with E-state index in [1.165, 1.54) is 11.6 Å². The first kappa shape index (κ1) is 27.6. The molecule has 0 bridgehead atoms.